The van der Waals surface area contributed by atoms with Gasteiger partial charge in [-0.25, -0.2) is 0 Å². The molecule has 21 heavy (non-hydrogen) atoms. The Bertz CT molecular complexity index is 526. The fraction of sp³-hybridized carbons (Fsp3) is 0.533. The largest absolute Gasteiger partial charge is 0.362 e. The molecule has 0 spiro atoms. The summed E-state index contributed by atoms with van der Waals surface area (Å²) in [5.41, 5.74) is 8.05. The fourth-order valence-electron chi connectivity index (χ4n) is 2.62. The van der Waals surface area contributed by atoms with Crippen molar-refractivity contribution >= 4 is 35.8 Å². The standard InChI is InChI=1S/C15H22ClN3OS/c1-3-11(17)8-14(21)18-15(20)13-7-9-6-10(16)4-5-12(9)19(13)2/h4-6,11,13-14,21H,3,7-8,17H2,1-2H3,(H,18,20). The van der Waals surface area contributed by atoms with Crippen LogP contribution in [0.4, 0.5) is 5.69 Å². The van der Waals surface area contributed by atoms with Gasteiger partial charge in [0.2, 0.25) is 5.91 Å². The zero-order valence-electron chi connectivity index (χ0n) is 12.3. The quantitative estimate of drug-likeness (QED) is 0.574. The molecule has 2 rings (SSSR count). The number of anilines is 1. The van der Waals surface area contributed by atoms with Gasteiger partial charge in [-0.05, 0) is 36.6 Å². The van der Waals surface area contributed by atoms with Gasteiger partial charge in [0.05, 0.1) is 5.37 Å². The Morgan fingerprint density at radius 2 is 2.33 bits per heavy atom. The highest BCUT2D eigenvalue weighted by atomic mass is 35.5. The van der Waals surface area contributed by atoms with Crippen LogP contribution in [0.2, 0.25) is 5.02 Å². The highest BCUT2D eigenvalue weighted by Crippen LogP contribution is 2.33. The average Bonchev–Trinajstić information content (AvgIpc) is 2.75. The number of nitrogens with one attached hydrogen (secondary N) is 1. The number of rotatable bonds is 5. The van der Waals surface area contributed by atoms with E-state index in [-0.39, 0.29) is 23.4 Å². The smallest absolute Gasteiger partial charge is 0.243 e. The molecule has 0 aliphatic carbocycles. The van der Waals surface area contributed by atoms with E-state index >= 15 is 0 Å². The van der Waals surface area contributed by atoms with E-state index in [4.69, 9.17) is 17.3 Å². The molecular formula is C15H22ClN3OS. The number of nitrogens with two attached hydrogens (primary N) is 1. The molecule has 0 bridgehead atoms. The number of likely N-dealkylation sites (N-methyl/N-ethyl adjacent to an activating group) is 1. The Labute approximate surface area is 136 Å². The molecule has 3 unspecified atom stereocenters. The molecule has 1 aromatic carbocycles. The van der Waals surface area contributed by atoms with Gasteiger partial charge in [-0.1, -0.05) is 18.5 Å². The zero-order valence-corrected chi connectivity index (χ0v) is 14.0. The lowest BCUT2D eigenvalue weighted by atomic mass is 10.1. The van der Waals surface area contributed by atoms with Crippen LogP contribution in [0.15, 0.2) is 18.2 Å². The van der Waals surface area contributed by atoms with E-state index in [0.717, 1.165) is 17.7 Å². The van der Waals surface area contributed by atoms with Crippen molar-refractivity contribution in [3.05, 3.63) is 28.8 Å². The lowest BCUT2D eigenvalue weighted by Gasteiger charge is -2.24. The number of amides is 1. The molecule has 0 radical (unpaired) electrons. The van der Waals surface area contributed by atoms with Gasteiger partial charge in [0, 0.05) is 30.2 Å². The van der Waals surface area contributed by atoms with Gasteiger partial charge >= 0.3 is 0 Å². The molecule has 0 aromatic heterocycles. The molecule has 0 fully saturated rings. The summed E-state index contributed by atoms with van der Waals surface area (Å²) < 4.78 is 0. The van der Waals surface area contributed by atoms with Crippen LogP contribution < -0.4 is 16.0 Å². The molecule has 3 N–H and O–H groups in total. The number of fused-ring (bicyclic) bond motifs is 1. The zero-order chi connectivity index (χ0) is 15.6. The number of halogens is 1. The summed E-state index contributed by atoms with van der Waals surface area (Å²) in [5, 5.41) is 3.42. The number of carbonyl (C=O) groups excluding carboxylic acids is 1. The van der Waals surface area contributed by atoms with Crippen LogP contribution in [0.3, 0.4) is 0 Å². The summed E-state index contributed by atoms with van der Waals surface area (Å²) in [6.45, 7) is 2.03. The minimum Gasteiger partial charge on any atom is -0.362 e. The SMILES string of the molecule is CCC(N)CC(S)NC(=O)C1Cc2cc(Cl)ccc2N1C. The second kappa shape index (κ2) is 6.90. The molecule has 4 nitrogen and oxygen atoms in total. The number of thiol groups is 1. The fourth-order valence-corrected chi connectivity index (χ4v) is 3.21. The summed E-state index contributed by atoms with van der Waals surface area (Å²) >= 11 is 10.4. The van der Waals surface area contributed by atoms with Crippen LogP contribution in [0, 0.1) is 0 Å². The molecule has 1 aliphatic heterocycles. The van der Waals surface area contributed by atoms with E-state index in [1.807, 2.05) is 37.1 Å². The highest BCUT2D eigenvalue weighted by Gasteiger charge is 2.32. The molecule has 0 saturated carbocycles. The van der Waals surface area contributed by atoms with Crippen molar-refractivity contribution in [1.29, 1.82) is 0 Å². The molecule has 3 atom stereocenters. The van der Waals surface area contributed by atoms with Gasteiger partial charge in [0.15, 0.2) is 0 Å². The Kier molecular flexibility index (Phi) is 5.41. The first-order chi connectivity index (χ1) is 9.92. The van der Waals surface area contributed by atoms with Crippen LogP contribution in [-0.2, 0) is 11.2 Å². The van der Waals surface area contributed by atoms with E-state index in [1.54, 1.807) is 0 Å². The number of hydrogen-bond acceptors (Lipinski definition) is 4. The molecule has 1 amide bonds. The molecule has 116 valence electrons. The van der Waals surface area contributed by atoms with Crippen molar-refractivity contribution in [3.8, 4) is 0 Å². The van der Waals surface area contributed by atoms with E-state index in [9.17, 15) is 4.79 Å². The monoisotopic (exact) mass is 327 g/mol. The topological polar surface area (TPSA) is 58.4 Å². The molecule has 1 heterocycles. The maximum atomic E-state index is 12.4. The van der Waals surface area contributed by atoms with Crippen molar-refractivity contribution in [3.63, 3.8) is 0 Å². The summed E-state index contributed by atoms with van der Waals surface area (Å²) in [6.07, 6.45) is 2.21. The second-order valence-corrected chi connectivity index (χ2v) is 6.59. The minimum absolute atomic E-state index is 0.0203. The minimum atomic E-state index is -0.217. The third-order valence-electron chi connectivity index (χ3n) is 3.96. The Balaban J connectivity index is 1.99. The number of carbonyl (C=O) groups is 1. The normalized spacial score (nSPS) is 20.0. The lowest BCUT2D eigenvalue weighted by molar-refractivity contribution is -0.122. The van der Waals surface area contributed by atoms with Crippen molar-refractivity contribution < 1.29 is 4.79 Å². The maximum Gasteiger partial charge on any atom is 0.243 e. The van der Waals surface area contributed by atoms with Gasteiger partial charge < -0.3 is 16.0 Å². The molecular weight excluding hydrogens is 306 g/mol. The predicted octanol–water partition coefficient (Wildman–Crippen LogP) is 2.20. The molecule has 1 aromatic rings. The lowest BCUT2D eigenvalue weighted by Crippen LogP contribution is -2.47. The van der Waals surface area contributed by atoms with Crippen LogP contribution in [0.25, 0.3) is 0 Å². The third-order valence-corrected chi connectivity index (χ3v) is 4.54. The van der Waals surface area contributed by atoms with Crippen molar-refractivity contribution in [2.24, 2.45) is 5.73 Å². The van der Waals surface area contributed by atoms with Crippen molar-refractivity contribution in [2.45, 2.75) is 43.6 Å². The predicted molar refractivity (Wildman–Crippen MR) is 91.1 cm³/mol. The maximum absolute atomic E-state index is 12.4. The summed E-state index contributed by atoms with van der Waals surface area (Å²) in [6, 6.07) is 5.57. The van der Waals surface area contributed by atoms with E-state index < -0.39 is 0 Å². The first kappa shape index (κ1) is 16.5. The third kappa shape index (κ3) is 3.84. The van der Waals surface area contributed by atoms with Gasteiger partial charge in [-0.15, -0.1) is 0 Å². The van der Waals surface area contributed by atoms with Gasteiger partial charge in [-0.3, -0.25) is 4.79 Å². The Morgan fingerprint density at radius 3 is 3.00 bits per heavy atom. The van der Waals surface area contributed by atoms with Gasteiger partial charge in [0.1, 0.15) is 6.04 Å². The summed E-state index contributed by atoms with van der Waals surface area (Å²) in [7, 11) is 1.93. The number of nitrogens with zero attached hydrogens (tertiary/aromatic N) is 1. The van der Waals surface area contributed by atoms with Crippen molar-refractivity contribution in [1.82, 2.24) is 5.32 Å². The van der Waals surface area contributed by atoms with E-state index in [0.29, 0.717) is 17.9 Å². The van der Waals surface area contributed by atoms with Gasteiger partial charge in [-0.2, -0.15) is 12.6 Å². The van der Waals surface area contributed by atoms with Crippen LogP contribution in [0.1, 0.15) is 25.3 Å². The molecule has 1 aliphatic rings. The highest BCUT2D eigenvalue weighted by molar-refractivity contribution is 7.80. The van der Waals surface area contributed by atoms with Crippen LogP contribution >= 0.6 is 24.2 Å². The average molecular weight is 328 g/mol. The second-order valence-electron chi connectivity index (χ2n) is 5.53. The molecule has 6 heteroatoms. The number of hydrogen-bond donors (Lipinski definition) is 3. The van der Waals surface area contributed by atoms with Crippen LogP contribution in [0.5, 0.6) is 0 Å². The first-order valence-electron chi connectivity index (χ1n) is 7.17. The van der Waals surface area contributed by atoms with Gasteiger partial charge in [0.25, 0.3) is 0 Å². The summed E-state index contributed by atoms with van der Waals surface area (Å²) in [4.78, 5) is 14.4. The van der Waals surface area contributed by atoms with E-state index in [1.165, 1.54) is 0 Å². The Hall–Kier alpha value is -0.910. The number of benzene rings is 1. The van der Waals surface area contributed by atoms with Crippen molar-refractivity contribution in [2.75, 3.05) is 11.9 Å². The first-order valence-corrected chi connectivity index (χ1v) is 8.07. The van der Waals surface area contributed by atoms with Crippen LogP contribution in [-0.4, -0.2) is 30.4 Å². The molecule has 0 saturated heterocycles. The summed E-state index contributed by atoms with van der Waals surface area (Å²) in [5.74, 6) is -0.0203. The Morgan fingerprint density at radius 1 is 1.62 bits per heavy atom. The van der Waals surface area contributed by atoms with E-state index in [2.05, 4.69) is 17.9 Å².